The molecule has 5 nitrogen and oxygen atoms in total. The van der Waals surface area contributed by atoms with Gasteiger partial charge in [0.05, 0.1) is 0 Å². The van der Waals surface area contributed by atoms with E-state index in [1.807, 2.05) is 36.4 Å². The van der Waals surface area contributed by atoms with Crippen LogP contribution in [0.15, 0.2) is 59.9 Å². The van der Waals surface area contributed by atoms with Crippen molar-refractivity contribution in [2.45, 2.75) is 6.54 Å². The third kappa shape index (κ3) is 3.38. The van der Waals surface area contributed by atoms with Crippen LogP contribution in [0.5, 0.6) is 0 Å². The number of nitrogens with zero attached hydrogens (tertiary/aromatic N) is 2. The smallest absolute Gasteiger partial charge is 0.185 e. The van der Waals surface area contributed by atoms with Gasteiger partial charge in [-0.2, -0.15) is 4.73 Å². The maximum absolute atomic E-state index is 11.2. The predicted molar refractivity (Wildman–Crippen MR) is 87.1 cm³/mol. The summed E-state index contributed by atoms with van der Waals surface area (Å²) >= 11 is 6.22. The third-order valence-corrected chi connectivity index (χ3v) is 3.60. The maximum Gasteiger partial charge on any atom is 0.185 e. The monoisotopic (exact) mass is 314 g/mol. The first-order valence-electron chi connectivity index (χ1n) is 6.89. The summed E-state index contributed by atoms with van der Waals surface area (Å²) in [5, 5.41) is 18.4. The van der Waals surface area contributed by atoms with E-state index in [9.17, 15) is 5.21 Å². The van der Waals surface area contributed by atoms with Crippen LogP contribution in [0.1, 0.15) is 11.1 Å². The molecule has 1 aromatic heterocycles. The van der Waals surface area contributed by atoms with Gasteiger partial charge in [0.2, 0.25) is 0 Å². The first-order valence-corrected chi connectivity index (χ1v) is 7.27. The predicted octanol–water partition coefficient (Wildman–Crippen LogP) is 2.06. The average Bonchev–Trinajstić information content (AvgIpc) is 2.54. The van der Waals surface area contributed by atoms with E-state index >= 15 is 0 Å². The van der Waals surface area contributed by atoms with Crippen LogP contribution in [0.25, 0.3) is 5.70 Å². The average molecular weight is 315 g/mol. The zero-order valence-corrected chi connectivity index (χ0v) is 12.5. The summed E-state index contributed by atoms with van der Waals surface area (Å²) in [5.74, 6) is 0.759. The maximum atomic E-state index is 11.2. The Morgan fingerprint density at radius 1 is 1.27 bits per heavy atom. The fraction of sp³-hybridized carbons (Fsp3) is 0.125. The molecule has 0 spiro atoms. The molecule has 2 N–H and O–H groups in total. The lowest BCUT2D eigenvalue weighted by Crippen LogP contribution is -2.30. The molecule has 0 unspecified atom stereocenters. The van der Waals surface area contributed by atoms with Gasteiger partial charge in [0.15, 0.2) is 12.4 Å². The number of halogens is 1. The number of hydrogen-bond donors (Lipinski definition) is 2. The molecule has 0 saturated heterocycles. The molecule has 1 aromatic carbocycles. The lowest BCUT2D eigenvalue weighted by Gasteiger charge is -2.17. The molecule has 2 aromatic rings. The Balaban J connectivity index is 1.72. The van der Waals surface area contributed by atoms with Crippen LogP contribution in [0.2, 0.25) is 5.02 Å². The number of aliphatic imine (C=N–C) groups is 1. The van der Waals surface area contributed by atoms with Gasteiger partial charge in [-0.15, -0.1) is 0 Å². The molecule has 0 bridgehead atoms. The van der Waals surface area contributed by atoms with Crippen molar-refractivity contribution >= 4 is 23.1 Å². The van der Waals surface area contributed by atoms with Crippen LogP contribution in [0.4, 0.5) is 0 Å². The fourth-order valence-electron chi connectivity index (χ4n) is 2.20. The summed E-state index contributed by atoms with van der Waals surface area (Å²) in [5.41, 5.74) is 2.76. The van der Waals surface area contributed by atoms with Gasteiger partial charge in [0.1, 0.15) is 12.5 Å². The van der Waals surface area contributed by atoms with Crippen molar-refractivity contribution in [2.24, 2.45) is 4.99 Å². The van der Waals surface area contributed by atoms with E-state index in [4.69, 9.17) is 11.6 Å². The van der Waals surface area contributed by atoms with Gasteiger partial charge in [-0.3, -0.25) is 0 Å². The highest BCUT2D eigenvalue weighted by Gasteiger charge is 2.10. The molecule has 0 amide bonds. The Morgan fingerprint density at radius 3 is 2.95 bits per heavy atom. The number of hydrogen-bond acceptors (Lipinski definition) is 4. The van der Waals surface area contributed by atoms with E-state index < -0.39 is 0 Å². The number of aromatic nitrogens is 1. The lowest BCUT2D eigenvalue weighted by molar-refractivity contribution is -0.605. The van der Waals surface area contributed by atoms with Gasteiger partial charge in [0.25, 0.3) is 0 Å². The molecule has 1 aliphatic rings. The topological polar surface area (TPSA) is 63.4 Å². The van der Waals surface area contributed by atoms with Crippen molar-refractivity contribution in [1.82, 2.24) is 10.6 Å². The molecule has 112 valence electrons. The number of nitrogens with one attached hydrogen (secondary N) is 2. The fourth-order valence-corrected chi connectivity index (χ4v) is 2.44. The number of rotatable bonds is 3. The first-order chi connectivity index (χ1) is 10.7. The van der Waals surface area contributed by atoms with E-state index in [0.717, 1.165) is 27.4 Å². The largest absolute Gasteiger partial charge is 0.619 e. The molecule has 2 heterocycles. The Labute approximate surface area is 133 Å². The van der Waals surface area contributed by atoms with Gasteiger partial charge in [0, 0.05) is 40.5 Å². The minimum Gasteiger partial charge on any atom is -0.619 e. The zero-order chi connectivity index (χ0) is 15.4. The van der Waals surface area contributed by atoms with Crippen LogP contribution in [-0.4, -0.2) is 12.5 Å². The quantitative estimate of drug-likeness (QED) is 0.673. The highest BCUT2D eigenvalue weighted by atomic mass is 35.5. The summed E-state index contributed by atoms with van der Waals surface area (Å²) in [7, 11) is 0. The molecule has 1 aliphatic heterocycles. The molecule has 6 heteroatoms. The van der Waals surface area contributed by atoms with Crippen molar-refractivity contribution in [3.05, 3.63) is 76.2 Å². The van der Waals surface area contributed by atoms with Gasteiger partial charge in [-0.1, -0.05) is 29.8 Å². The van der Waals surface area contributed by atoms with Crippen molar-refractivity contribution < 1.29 is 4.73 Å². The highest BCUT2D eigenvalue weighted by Crippen LogP contribution is 2.22. The summed E-state index contributed by atoms with van der Waals surface area (Å²) in [6.07, 6.45) is 4.91. The van der Waals surface area contributed by atoms with Crippen molar-refractivity contribution in [2.75, 3.05) is 6.67 Å². The Morgan fingerprint density at radius 2 is 2.14 bits per heavy atom. The van der Waals surface area contributed by atoms with Crippen LogP contribution in [-0.2, 0) is 6.54 Å². The second kappa shape index (κ2) is 6.49. The minimum absolute atomic E-state index is 0.482. The lowest BCUT2D eigenvalue weighted by atomic mass is 10.1. The van der Waals surface area contributed by atoms with Crippen LogP contribution in [0, 0.1) is 5.21 Å². The summed E-state index contributed by atoms with van der Waals surface area (Å²) in [6, 6.07) is 11.3. The Kier molecular flexibility index (Phi) is 4.25. The standard InChI is InChI=1S/C16H15ClN4O/c17-14-6-2-1-5-13(14)15-8-16(20-11-19-15)18-9-12-4-3-7-21(22)10-12/h1-8,10,19H,9,11H2,(H,18,20). The van der Waals surface area contributed by atoms with E-state index in [1.54, 1.807) is 6.07 Å². The number of benzene rings is 1. The number of amidine groups is 1. The van der Waals surface area contributed by atoms with Crippen molar-refractivity contribution in [3.63, 3.8) is 0 Å². The van der Waals surface area contributed by atoms with Crippen LogP contribution >= 0.6 is 11.6 Å². The first kappa shape index (κ1) is 14.4. The van der Waals surface area contributed by atoms with Gasteiger partial charge in [-0.05, 0) is 12.1 Å². The Hall–Kier alpha value is -2.53. The molecule has 22 heavy (non-hydrogen) atoms. The molecular weight excluding hydrogens is 300 g/mol. The van der Waals surface area contributed by atoms with E-state index in [0.29, 0.717) is 18.2 Å². The molecule has 0 radical (unpaired) electrons. The van der Waals surface area contributed by atoms with E-state index in [2.05, 4.69) is 15.6 Å². The van der Waals surface area contributed by atoms with Crippen LogP contribution in [0.3, 0.4) is 0 Å². The SMILES string of the molecule is [O-][n+]1cccc(CNC2=NCNC(c3ccccc3Cl)=C2)c1. The molecule has 0 atom stereocenters. The van der Waals surface area contributed by atoms with E-state index in [-0.39, 0.29) is 0 Å². The zero-order valence-electron chi connectivity index (χ0n) is 11.8. The Bertz CT molecular complexity index is 742. The van der Waals surface area contributed by atoms with Crippen LogP contribution < -0.4 is 15.4 Å². The van der Waals surface area contributed by atoms with Gasteiger partial charge >= 0.3 is 0 Å². The third-order valence-electron chi connectivity index (χ3n) is 3.27. The summed E-state index contributed by atoms with van der Waals surface area (Å²) < 4.78 is 0.784. The molecule has 0 fully saturated rings. The molecule has 0 aliphatic carbocycles. The van der Waals surface area contributed by atoms with Gasteiger partial charge in [-0.25, -0.2) is 4.99 Å². The van der Waals surface area contributed by atoms with E-state index in [1.165, 1.54) is 12.4 Å². The molecular formula is C16H15ClN4O. The van der Waals surface area contributed by atoms with Gasteiger partial charge < -0.3 is 15.8 Å². The number of pyridine rings is 1. The molecule has 0 saturated carbocycles. The van der Waals surface area contributed by atoms with Crippen molar-refractivity contribution in [3.8, 4) is 0 Å². The summed E-state index contributed by atoms with van der Waals surface area (Å²) in [6.45, 7) is 1.02. The van der Waals surface area contributed by atoms with Crippen molar-refractivity contribution in [1.29, 1.82) is 0 Å². The second-order valence-corrected chi connectivity index (χ2v) is 5.25. The minimum atomic E-state index is 0.482. The highest BCUT2D eigenvalue weighted by molar-refractivity contribution is 6.32. The molecule has 3 rings (SSSR count). The summed E-state index contributed by atoms with van der Waals surface area (Å²) in [4.78, 5) is 4.36. The second-order valence-electron chi connectivity index (χ2n) is 4.84. The normalized spacial score (nSPS) is 13.9.